The molecule has 1 aromatic rings. The van der Waals surface area contributed by atoms with E-state index >= 15 is 0 Å². The summed E-state index contributed by atoms with van der Waals surface area (Å²) in [5.41, 5.74) is -0.333. The van der Waals surface area contributed by atoms with Gasteiger partial charge in [0.05, 0.1) is 12.0 Å². The minimum atomic E-state index is -0.959. The van der Waals surface area contributed by atoms with Gasteiger partial charge < -0.3 is 14.9 Å². The maximum atomic E-state index is 10.9. The van der Waals surface area contributed by atoms with Crippen molar-refractivity contribution in [3.8, 4) is 5.75 Å². The highest BCUT2D eigenvalue weighted by Crippen LogP contribution is 2.25. The molecule has 0 spiro atoms. The number of aliphatic carboxylic acids is 1. The minimum Gasteiger partial charge on any atom is -0.492 e. The second-order valence-corrected chi connectivity index (χ2v) is 5.30. The normalized spacial score (nSPS) is 11.3. The van der Waals surface area contributed by atoms with Crippen molar-refractivity contribution in [2.75, 3.05) is 6.61 Å². The molecule has 17 heavy (non-hydrogen) atoms. The van der Waals surface area contributed by atoms with Crippen LogP contribution in [0.4, 0.5) is 0 Å². The van der Waals surface area contributed by atoms with Gasteiger partial charge in [-0.25, -0.2) is 0 Å². The fourth-order valence-electron chi connectivity index (χ4n) is 1.13. The van der Waals surface area contributed by atoms with Crippen molar-refractivity contribution in [1.29, 1.82) is 0 Å². The van der Waals surface area contributed by atoms with Gasteiger partial charge in [-0.2, -0.15) is 0 Å². The fraction of sp³-hybridized carbons (Fsp3) is 0.417. The third-order valence-corrected chi connectivity index (χ3v) is 2.85. The Morgan fingerprint density at radius 2 is 2.12 bits per heavy atom. The van der Waals surface area contributed by atoms with Crippen molar-refractivity contribution >= 4 is 21.9 Å². The number of benzene rings is 1. The van der Waals surface area contributed by atoms with Crippen LogP contribution in [0.25, 0.3) is 0 Å². The predicted octanol–water partition coefficient (Wildman–Crippen LogP) is 2.43. The van der Waals surface area contributed by atoms with Gasteiger partial charge in [0.25, 0.3) is 0 Å². The monoisotopic (exact) mass is 302 g/mol. The molecule has 0 aliphatic heterocycles. The van der Waals surface area contributed by atoms with Gasteiger partial charge in [0.1, 0.15) is 12.4 Å². The second kappa shape index (κ2) is 5.51. The molecular weight excluding hydrogens is 288 g/mol. The third kappa shape index (κ3) is 3.71. The molecule has 1 aromatic carbocycles. The predicted molar refractivity (Wildman–Crippen MR) is 67.0 cm³/mol. The van der Waals surface area contributed by atoms with Crippen molar-refractivity contribution in [2.45, 2.75) is 20.5 Å². The van der Waals surface area contributed by atoms with Gasteiger partial charge in [0.2, 0.25) is 0 Å². The summed E-state index contributed by atoms with van der Waals surface area (Å²) in [6.07, 6.45) is 0. The lowest BCUT2D eigenvalue weighted by molar-refractivity contribution is -0.148. The minimum absolute atomic E-state index is 0.0525. The summed E-state index contributed by atoms with van der Waals surface area (Å²) in [5, 5.41) is 18.1. The van der Waals surface area contributed by atoms with Crippen LogP contribution in [-0.4, -0.2) is 22.8 Å². The number of aliphatic hydroxyl groups excluding tert-OH is 1. The molecule has 5 heteroatoms. The van der Waals surface area contributed by atoms with Crippen LogP contribution in [0.5, 0.6) is 5.75 Å². The van der Waals surface area contributed by atoms with Crippen molar-refractivity contribution < 1.29 is 19.7 Å². The molecule has 0 atom stereocenters. The van der Waals surface area contributed by atoms with Crippen molar-refractivity contribution in [1.82, 2.24) is 0 Å². The van der Waals surface area contributed by atoms with Gasteiger partial charge >= 0.3 is 5.97 Å². The number of aliphatic hydroxyl groups is 1. The van der Waals surface area contributed by atoms with Gasteiger partial charge in [0, 0.05) is 10.0 Å². The molecule has 2 N–H and O–H groups in total. The van der Waals surface area contributed by atoms with E-state index in [2.05, 4.69) is 15.9 Å². The first kappa shape index (κ1) is 14.0. The van der Waals surface area contributed by atoms with Crippen LogP contribution < -0.4 is 4.74 Å². The molecule has 1 rings (SSSR count). The van der Waals surface area contributed by atoms with E-state index in [0.29, 0.717) is 11.3 Å². The second-order valence-electron chi connectivity index (χ2n) is 4.39. The Labute approximate surface area is 108 Å². The van der Waals surface area contributed by atoms with Crippen molar-refractivity contribution in [2.24, 2.45) is 5.41 Å². The molecule has 0 fully saturated rings. The molecule has 0 saturated carbocycles. The molecule has 4 nitrogen and oxygen atoms in total. The van der Waals surface area contributed by atoms with Gasteiger partial charge in [-0.15, -0.1) is 0 Å². The lowest BCUT2D eigenvalue weighted by atomic mass is 9.95. The van der Waals surface area contributed by atoms with E-state index in [0.717, 1.165) is 4.47 Å². The number of hydrogen-bond acceptors (Lipinski definition) is 3. The number of ether oxygens (including phenoxy) is 1. The summed E-state index contributed by atoms with van der Waals surface area (Å²) < 4.78 is 6.29. The lowest BCUT2D eigenvalue weighted by Crippen LogP contribution is -2.30. The van der Waals surface area contributed by atoms with Crippen LogP contribution in [0.15, 0.2) is 22.7 Å². The number of carbonyl (C=O) groups is 1. The number of carboxylic acids is 1. The number of rotatable bonds is 5. The third-order valence-electron chi connectivity index (χ3n) is 2.36. The Balaban J connectivity index is 2.79. The van der Waals surface area contributed by atoms with Crippen molar-refractivity contribution in [3.05, 3.63) is 28.2 Å². The molecule has 0 heterocycles. The van der Waals surface area contributed by atoms with E-state index in [-0.39, 0.29) is 13.2 Å². The van der Waals surface area contributed by atoms with E-state index in [9.17, 15) is 4.79 Å². The van der Waals surface area contributed by atoms with Crippen LogP contribution in [0.1, 0.15) is 19.4 Å². The molecule has 0 aliphatic rings. The Kier molecular flexibility index (Phi) is 4.54. The summed E-state index contributed by atoms with van der Waals surface area (Å²) in [5.74, 6) is -0.412. The molecule has 0 bridgehead atoms. The average molecular weight is 303 g/mol. The molecule has 0 unspecified atom stereocenters. The number of halogens is 1. The Morgan fingerprint density at radius 1 is 1.47 bits per heavy atom. The summed E-state index contributed by atoms with van der Waals surface area (Å²) in [4.78, 5) is 10.9. The Hall–Kier alpha value is -1.07. The smallest absolute Gasteiger partial charge is 0.312 e. The van der Waals surface area contributed by atoms with Gasteiger partial charge in [-0.1, -0.05) is 15.9 Å². The fourth-order valence-corrected chi connectivity index (χ4v) is 1.54. The SMILES string of the molecule is CC(C)(COc1ccc(Br)cc1CO)C(=O)O. The summed E-state index contributed by atoms with van der Waals surface area (Å²) in [7, 11) is 0. The summed E-state index contributed by atoms with van der Waals surface area (Å²) in [6, 6.07) is 5.22. The highest BCUT2D eigenvalue weighted by Gasteiger charge is 2.28. The standard InChI is InChI=1S/C12H15BrO4/c1-12(2,11(15)16)7-17-10-4-3-9(13)5-8(10)6-14/h3-5,14H,6-7H2,1-2H3,(H,15,16). The number of hydrogen-bond donors (Lipinski definition) is 2. The van der Waals surface area contributed by atoms with E-state index < -0.39 is 11.4 Å². The first-order valence-corrected chi connectivity index (χ1v) is 5.91. The highest BCUT2D eigenvalue weighted by atomic mass is 79.9. The summed E-state index contributed by atoms with van der Waals surface area (Å²) >= 11 is 3.29. The van der Waals surface area contributed by atoms with Crippen LogP contribution in [0.2, 0.25) is 0 Å². The van der Waals surface area contributed by atoms with Crippen LogP contribution in [0.3, 0.4) is 0 Å². The van der Waals surface area contributed by atoms with E-state index in [1.165, 1.54) is 0 Å². The van der Waals surface area contributed by atoms with Crippen molar-refractivity contribution in [3.63, 3.8) is 0 Å². The zero-order chi connectivity index (χ0) is 13.1. The topological polar surface area (TPSA) is 66.8 Å². The Morgan fingerprint density at radius 3 is 2.65 bits per heavy atom. The number of carboxylic acid groups (broad SMARTS) is 1. The first-order valence-electron chi connectivity index (χ1n) is 5.12. The quantitative estimate of drug-likeness (QED) is 0.876. The van der Waals surface area contributed by atoms with Gasteiger partial charge in [-0.3, -0.25) is 4.79 Å². The van der Waals surface area contributed by atoms with E-state index in [1.54, 1.807) is 32.0 Å². The van der Waals surface area contributed by atoms with Gasteiger partial charge in [-0.05, 0) is 32.0 Å². The summed E-state index contributed by atoms with van der Waals surface area (Å²) in [6.45, 7) is 3.08. The molecule has 0 aliphatic carbocycles. The molecule has 0 saturated heterocycles. The first-order chi connectivity index (χ1) is 7.86. The zero-order valence-electron chi connectivity index (χ0n) is 9.74. The largest absolute Gasteiger partial charge is 0.492 e. The maximum absolute atomic E-state index is 10.9. The Bertz CT molecular complexity index is 415. The van der Waals surface area contributed by atoms with Gasteiger partial charge in [0.15, 0.2) is 0 Å². The molecule has 0 radical (unpaired) electrons. The van der Waals surface area contributed by atoms with E-state index in [4.69, 9.17) is 14.9 Å². The highest BCUT2D eigenvalue weighted by molar-refractivity contribution is 9.10. The average Bonchev–Trinajstić information content (AvgIpc) is 2.27. The van der Waals surface area contributed by atoms with Crippen LogP contribution >= 0.6 is 15.9 Å². The molecule has 94 valence electrons. The van der Waals surface area contributed by atoms with E-state index in [1.807, 2.05) is 0 Å². The van der Waals surface area contributed by atoms with Crippen LogP contribution in [0, 0.1) is 5.41 Å². The molecule has 0 amide bonds. The molecular formula is C12H15BrO4. The molecule has 0 aromatic heterocycles. The maximum Gasteiger partial charge on any atom is 0.312 e. The zero-order valence-corrected chi connectivity index (χ0v) is 11.3. The lowest BCUT2D eigenvalue weighted by Gasteiger charge is -2.20. The van der Waals surface area contributed by atoms with Crippen LogP contribution in [-0.2, 0) is 11.4 Å².